The Balaban J connectivity index is 0.00000200. The van der Waals surface area contributed by atoms with Gasteiger partial charge in [0, 0.05) is 18.3 Å². The summed E-state index contributed by atoms with van der Waals surface area (Å²) in [6.45, 7) is 4.14. The van der Waals surface area contributed by atoms with Crippen LogP contribution in [-0.2, 0) is 0 Å². The van der Waals surface area contributed by atoms with Gasteiger partial charge in [0.15, 0.2) is 0 Å². The van der Waals surface area contributed by atoms with Gasteiger partial charge in [-0.2, -0.15) is 0 Å². The summed E-state index contributed by atoms with van der Waals surface area (Å²) in [5.74, 6) is -0.154. The van der Waals surface area contributed by atoms with Gasteiger partial charge in [0.2, 0.25) is 0 Å². The number of pyridine rings is 1. The molecule has 0 saturated carbocycles. The lowest BCUT2D eigenvalue weighted by atomic mass is 10.1. The van der Waals surface area contributed by atoms with Crippen LogP contribution < -0.4 is 11.1 Å². The Morgan fingerprint density at radius 2 is 2.05 bits per heavy atom. The molecule has 0 radical (unpaired) electrons. The average molecular weight is 349 g/mol. The normalized spacial score (nSPS) is 10.2. The smallest absolute Gasteiger partial charge is 0.263 e. The Morgan fingerprint density at radius 1 is 1.33 bits per heavy atom. The van der Waals surface area contributed by atoms with Crippen molar-refractivity contribution in [3.63, 3.8) is 0 Å². The molecule has 1 amide bonds. The number of nitrogens with two attached hydrogens (primary N) is 1. The van der Waals surface area contributed by atoms with E-state index in [1.54, 1.807) is 12.4 Å². The highest BCUT2D eigenvalue weighted by Gasteiger charge is 2.16. The second-order valence-electron chi connectivity index (χ2n) is 4.92. The largest absolute Gasteiger partial charge is 0.349 e. The second-order valence-corrected chi connectivity index (χ2v) is 5.95. The van der Waals surface area contributed by atoms with Crippen molar-refractivity contribution in [3.05, 3.63) is 35.5 Å². The van der Waals surface area contributed by atoms with Gasteiger partial charge in [0.25, 0.3) is 5.91 Å². The van der Waals surface area contributed by atoms with Gasteiger partial charge in [-0.15, -0.1) is 36.2 Å². The van der Waals surface area contributed by atoms with Gasteiger partial charge in [-0.25, -0.2) is 4.98 Å². The Kier molecular flexibility index (Phi) is 7.81. The lowest BCUT2D eigenvalue weighted by molar-refractivity contribution is 0.0950. The fraction of sp³-hybridized carbons (Fsp3) is 0.308. The number of halogens is 2. The average Bonchev–Trinajstić information content (AvgIpc) is 2.86. The van der Waals surface area contributed by atoms with Crippen LogP contribution in [-0.4, -0.2) is 28.0 Å². The van der Waals surface area contributed by atoms with Crippen molar-refractivity contribution >= 4 is 42.1 Å². The van der Waals surface area contributed by atoms with E-state index in [-0.39, 0.29) is 30.7 Å². The van der Waals surface area contributed by atoms with Gasteiger partial charge < -0.3 is 11.1 Å². The zero-order chi connectivity index (χ0) is 13.9. The van der Waals surface area contributed by atoms with Crippen LogP contribution in [0.3, 0.4) is 0 Å². The molecule has 116 valence electrons. The molecule has 5 nitrogen and oxygen atoms in total. The minimum absolute atomic E-state index is 0. The van der Waals surface area contributed by atoms with E-state index in [0.29, 0.717) is 11.4 Å². The number of hydrogen-bond donors (Lipinski definition) is 2. The van der Waals surface area contributed by atoms with Gasteiger partial charge in [0.1, 0.15) is 9.88 Å². The molecule has 21 heavy (non-hydrogen) atoms. The molecule has 0 aliphatic carbocycles. The van der Waals surface area contributed by atoms with Crippen molar-refractivity contribution in [3.8, 4) is 10.7 Å². The number of amides is 1. The molecule has 0 aromatic carbocycles. The first-order valence-corrected chi connectivity index (χ1v) is 6.72. The summed E-state index contributed by atoms with van der Waals surface area (Å²) in [6.07, 6.45) is 3.26. The third-order valence-corrected chi connectivity index (χ3v) is 3.34. The predicted octanol–water partition coefficient (Wildman–Crippen LogP) is 2.52. The number of carbonyl (C=O) groups is 1. The predicted molar refractivity (Wildman–Crippen MR) is 90.4 cm³/mol. The minimum atomic E-state index is -0.426. The van der Waals surface area contributed by atoms with Crippen LogP contribution in [0.5, 0.6) is 0 Å². The monoisotopic (exact) mass is 348 g/mol. The number of hydrogen-bond acceptors (Lipinski definition) is 5. The number of thiazole rings is 1. The second kappa shape index (κ2) is 8.29. The number of nitrogens with one attached hydrogen (secondary N) is 1. The van der Waals surface area contributed by atoms with Crippen LogP contribution in [0.15, 0.2) is 30.6 Å². The highest BCUT2D eigenvalue weighted by atomic mass is 35.5. The summed E-state index contributed by atoms with van der Waals surface area (Å²) in [6, 6.07) is 5.60. The van der Waals surface area contributed by atoms with Crippen LogP contribution in [0.4, 0.5) is 0 Å². The molecule has 0 aliphatic heterocycles. The van der Waals surface area contributed by atoms with Crippen LogP contribution in [0.1, 0.15) is 23.5 Å². The lowest BCUT2D eigenvalue weighted by Crippen LogP contribution is -2.44. The van der Waals surface area contributed by atoms with Crippen molar-refractivity contribution in [2.75, 3.05) is 6.54 Å². The van der Waals surface area contributed by atoms with Gasteiger partial charge in [-0.05, 0) is 26.0 Å². The topological polar surface area (TPSA) is 80.9 Å². The molecule has 8 heteroatoms. The highest BCUT2D eigenvalue weighted by Crippen LogP contribution is 2.22. The Hall–Kier alpha value is -1.21. The maximum Gasteiger partial charge on any atom is 0.263 e. The van der Waals surface area contributed by atoms with Crippen molar-refractivity contribution < 1.29 is 4.79 Å². The van der Waals surface area contributed by atoms with Gasteiger partial charge in [0.05, 0.1) is 11.9 Å². The van der Waals surface area contributed by atoms with Crippen LogP contribution in [0, 0.1) is 0 Å². The zero-order valence-corrected chi connectivity index (χ0v) is 14.1. The number of carbonyl (C=O) groups excluding carboxylic acids is 1. The van der Waals surface area contributed by atoms with E-state index in [0.717, 1.165) is 10.7 Å². The molecular formula is C13H18Cl2N4OS. The summed E-state index contributed by atoms with van der Waals surface area (Å²) in [5.41, 5.74) is 6.16. The molecule has 0 atom stereocenters. The van der Waals surface area contributed by atoms with E-state index in [9.17, 15) is 4.79 Å². The molecule has 0 saturated heterocycles. The van der Waals surface area contributed by atoms with Gasteiger partial charge >= 0.3 is 0 Å². The summed E-state index contributed by atoms with van der Waals surface area (Å²) in [4.78, 5) is 20.9. The Labute approximate surface area is 140 Å². The first kappa shape index (κ1) is 19.8. The first-order chi connectivity index (χ1) is 8.96. The molecule has 2 rings (SSSR count). The van der Waals surface area contributed by atoms with E-state index in [1.807, 2.05) is 32.0 Å². The first-order valence-electron chi connectivity index (χ1n) is 5.90. The standard InChI is InChI=1S/C13H16N4OS.2ClH/c1-13(2,14)8-17-11(18)10-7-16-12(19-10)9-5-3-4-6-15-9;;/h3-7H,8,14H2,1-2H3,(H,17,18);2*1H. The third-order valence-electron chi connectivity index (χ3n) is 2.32. The molecule has 2 aromatic heterocycles. The molecule has 0 fully saturated rings. The molecule has 0 unspecified atom stereocenters. The molecule has 2 aromatic rings. The fourth-order valence-corrected chi connectivity index (χ4v) is 2.19. The fourth-order valence-electron chi connectivity index (χ4n) is 1.38. The van der Waals surface area contributed by atoms with E-state index >= 15 is 0 Å². The number of nitrogens with zero attached hydrogens (tertiary/aromatic N) is 2. The van der Waals surface area contributed by atoms with Crippen LogP contribution in [0.2, 0.25) is 0 Å². The Morgan fingerprint density at radius 3 is 2.62 bits per heavy atom. The number of rotatable bonds is 4. The molecular weight excluding hydrogens is 331 g/mol. The summed E-state index contributed by atoms with van der Waals surface area (Å²) >= 11 is 1.32. The third kappa shape index (κ3) is 5.97. The summed E-state index contributed by atoms with van der Waals surface area (Å²) < 4.78 is 0. The molecule has 0 bridgehead atoms. The van der Waals surface area contributed by atoms with Gasteiger partial charge in [-0.1, -0.05) is 6.07 Å². The number of aromatic nitrogens is 2. The van der Waals surface area contributed by atoms with Crippen molar-refractivity contribution in [2.24, 2.45) is 5.73 Å². The molecule has 0 spiro atoms. The van der Waals surface area contributed by atoms with E-state index < -0.39 is 5.54 Å². The van der Waals surface area contributed by atoms with Crippen LogP contribution >= 0.6 is 36.2 Å². The van der Waals surface area contributed by atoms with E-state index in [2.05, 4.69) is 15.3 Å². The van der Waals surface area contributed by atoms with Crippen LogP contribution in [0.25, 0.3) is 10.7 Å². The van der Waals surface area contributed by atoms with E-state index in [4.69, 9.17) is 5.73 Å². The molecule has 2 heterocycles. The zero-order valence-electron chi connectivity index (χ0n) is 11.7. The SMILES string of the molecule is CC(C)(N)CNC(=O)c1cnc(-c2ccccn2)s1.Cl.Cl. The lowest BCUT2D eigenvalue weighted by Gasteiger charge is -2.18. The molecule has 3 N–H and O–H groups in total. The van der Waals surface area contributed by atoms with Crippen molar-refractivity contribution in [1.29, 1.82) is 0 Å². The van der Waals surface area contributed by atoms with E-state index in [1.165, 1.54) is 11.3 Å². The maximum atomic E-state index is 11.9. The van der Waals surface area contributed by atoms with Crippen molar-refractivity contribution in [2.45, 2.75) is 19.4 Å². The van der Waals surface area contributed by atoms with Crippen molar-refractivity contribution in [1.82, 2.24) is 15.3 Å². The maximum absolute atomic E-state index is 11.9. The van der Waals surface area contributed by atoms with Gasteiger partial charge in [-0.3, -0.25) is 9.78 Å². The summed E-state index contributed by atoms with van der Waals surface area (Å²) in [5, 5.41) is 3.52. The molecule has 0 aliphatic rings. The Bertz CT molecular complexity index is 569. The summed E-state index contributed by atoms with van der Waals surface area (Å²) in [7, 11) is 0. The quantitative estimate of drug-likeness (QED) is 0.889. The highest BCUT2D eigenvalue weighted by molar-refractivity contribution is 7.16. The minimum Gasteiger partial charge on any atom is -0.349 e.